The molecule has 114 valence electrons. The molecule has 1 aromatic rings. The van der Waals surface area contributed by atoms with Crippen LogP contribution in [0.2, 0.25) is 0 Å². The number of hydrogen-bond donors (Lipinski definition) is 1. The summed E-state index contributed by atoms with van der Waals surface area (Å²) in [6, 6.07) is 2.28. The minimum Gasteiger partial charge on any atom is -0.475 e. The van der Waals surface area contributed by atoms with Crippen molar-refractivity contribution in [1.82, 2.24) is 4.31 Å². The zero-order chi connectivity index (χ0) is 15.3. The second-order valence-corrected chi connectivity index (χ2v) is 6.54. The number of aromatic carboxylic acids is 1. The number of carboxylic acid groups (broad SMARTS) is 1. The fraction of sp³-hybridized carbons (Fsp3) is 0.583. The van der Waals surface area contributed by atoms with E-state index in [2.05, 4.69) is 0 Å². The van der Waals surface area contributed by atoms with Gasteiger partial charge in [0.2, 0.25) is 10.9 Å². The summed E-state index contributed by atoms with van der Waals surface area (Å²) >= 11 is 0. The first kappa shape index (κ1) is 16.7. The molecule has 0 amide bonds. The maximum atomic E-state index is 12.4. The summed E-state index contributed by atoms with van der Waals surface area (Å²) < 4.78 is 35.8. The van der Waals surface area contributed by atoms with Gasteiger partial charge in [0.25, 0.3) is 10.0 Å². The Labute approximate surface area is 118 Å². The summed E-state index contributed by atoms with van der Waals surface area (Å²) in [7, 11) is -2.38. The van der Waals surface area contributed by atoms with Crippen molar-refractivity contribution in [1.29, 1.82) is 0 Å². The fourth-order valence-corrected chi connectivity index (χ4v) is 3.11. The maximum Gasteiger partial charge on any atom is 0.371 e. The van der Waals surface area contributed by atoms with Gasteiger partial charge in [-0.05, 0) is 18.1 Å². The molecule has 1 heterocycles. The molecule has 0 fully saturated rings. The van der Waals surface area contributed by atoms with Crippen LogP contribution in [0.4, 0.5) is 0 Å². The lowest BCUT2D eigenvalue weighted by atomic mass is 10.2. The Morgan fingerprint density at radius 3 is 2.55 bits per heavy atom. The van der Waals surface area contributed by atoms with Crippen molar-refractivity contribution < 1.29 is 27.5 Å². The first-order valence-corrected chi connectivity index (χ1v) is 7.55. The Hall–Kier alpha value is -1.38. The molecule has 0 unspecified atom stereocenters. The Balaban J connectivity index is 3.04. The Kier molecular flexibility index (Phi) is 5.73. The lowest BCUT2D eigenvalue weighted by Crippen LogP contribution is -2.36. The number of nitrogens with zero attached hydrogens (tertiary/aromatic N) is 1. The highest BCUT2D eigenvalue weighted by molar-refractivity contribution is 7.89. The second kappa shape index (κ2) is 6.87. The number of carbonyl (C=O) groups is 1. The van der Waals surface area contributed by atoms with Crippen molar-refractivity contribution in [2.75, 3.05) is 26.8 Å². The SMILES string of the molecule is COCCN(CC(C)C)S(=O)(=O)c1ccc(C(=O)O)o1. The van der Waals surface area contributed by atoms with Crippen LogP contribution in [0.1, 0.15) is 24.4 Å². The fourth-order valence-electron chi connectivity index (χ4n) is 1.61. The van der Waals surface area contributed by atoms with Crippen LogP contribution in [0.15, 0.2) is 21.6 Å². The molecular weight excluding hydrogens is 286 g/mol. The third-order valence-electron chi connectivity index (χ3n) is 2.50. The molecule has 0 bridgehead atoms. The first-order chi connectivity index (χ1) is 9.28. The van der Waals surface area contributed by atoms with Gasteiger partial charge in [0.15, 0.2) is 0 Å². The van der Waals surface area contributed by atoms with Gasteiger partial charge >= 0.3 is 5.97 Å². The smallest absolute Gasteiger partial charge is 0.371 e. The molecule has 20 heavy (non-hydrogen) atoms. The largest absolute Gasteiger partial charge is 0.475 e. The predicted molar refractivity (Wildman–Crippen MR) is 71.1 cm³/mol. The Morgan fingerprint density at radius 1 is 1.45 bits per heavy atom. The van der Waals surface area contributed by atoms with E-state index in [-0.39, 0.29) is 24.2 Å². The van der Waals surface area contributed by atoms with Crippen molar-refractivity contribution in [3.63, 3.8) is 0 Å². The maximum absolute atomic E-state index is 12.4. The van der Waals surface area contributed by atoms with Gasteiger partial charge in [0, 0.05) is 20.2 Å². The normalized spacial score (nSPS) is 12.2. The van der Waals surface area contributed by atoms with Gasteiger partial charge in [0.05, 0.1) is 6.61 Å². The van der Waals surface area contributed by atoms with Gasteiger partial charge in [0.1, 0.15) is 0 Å². The van der Waals surface area contributed by atoms with Gasteiger partial charge < -0.3 is 14.3 Å². The van der Waals surface area contributed by atoms with Gasteiger partial charge in [-0.2, -0.15) is 4.31 Å². The molecule has 0 aliphatic rings. The van der Waals surface area contributed by atoms with E-state index in [1.807, 2.05) is 13.8 Å². The molecule has 0 spiro atoms. The molecule has 7 nitrogen and oxygen atoms in total. The predicted octanol–water partition coefficient (Wildman–Crippen LogP) is 1.27. The van der Waals surface area contributed by atoms with Gasteiger partial charge in [-0.3, -0.25) is 0 Å². The van der Waals surface area contributed by atoms with E-state index in [1.54, 1.807) is 0 Å². The molecule has 1 N–H and O–H groups in total. The van der Waals surface area contributed by atoms with E-state index >= 15 is 0 Å². The minimum atomic E-state index is -3.86. The third-order valence-corrected chi connectivity index (χ3v) is 4.24. The van der Waals surface area contributed by atoms with Gasteiger partial charge in [-0.15, -0.1) is 0 Å². The van der Waals surface area contributed by atoms with Crippen molar-refractivity contribution >= 4 is 16.0 Å². The van der Waals surface area contributed by atoms with Crippen LogP contribution >= 0.6 is 0 Å². The summed E-state index contributed by atoms with van der Waals surface area (Å²) in [6.07, 6.45) is 0. The van der Waals surface area contributed by atoms with Crippen LogP contribution in [0.5, 0.6) is 0 Å². The number of methoxy groups -OCH3 is 1. The second-order valence-electron chi connectivity index (χ2n) is 4.67. The summed E-state index contributed by atoms with van der Waals surface area (Å²) in [4.78, 5) is 10.7. The number of carboxylic acids is 1. The highest BCUT2D eigenvalue weighted by Crippen LogP contribution is 2.20. The van der Waals surface area contributed by atoms with Gasteiger partial charge in [-0.1, -0.05) is 13.8 Å². The summed E-state index contributed by atoms with van der Waals surface area (Å²) in [6.45, 7) is 4.51. The van der Waals surface area contributed by atoms with E-state index in [4.69, 9.17) is 14.3 Å². The van der Waals surface area contributed by atoms with Crippen LogP contribution in [-0.2, 0) is 14.8 Å². The molecule has 1 rings (SSSR count). The number of ether oxygens (including phenoxy) is 1. The van der Waals surface area contributed by atoms with Crippen molar-refractivity contribution in [3.05, 3.63) is 17.9 Å². The lowest BCUT2D eigenvalue weighted by molar-refractivity contribution is 0.0656. The van der Waals surface area contributed by atoms with Crippen LogP contribution in [0, 0.1) is 5.92 Å². The molecular formula is C12H19NO6S. The summed E-state index contributed by atoms with van der Waals surface area (Å²) in [5.41, 5.74) is 0. The zero-order valence-corrected chi connectivity index (χ0v) is 12.5. The van der Waals surface area contributed by atoms with E-state index in [0.29, 0.717) is 6.54 Å². The molecule has 1 aromatic heterocycles. The topological polar surface area (TPSA) is 97.0 Å². The highest BCUT2D eigenvalue weighted by atomic mass is 32.2. The number of rotatable bonds is 8. The monoisotopic (exact) mass is 305 g/mol. The Morgan fingerprint density at radius 2 is 2.10 bits per heavy atom. The van der Waals surface area contributed by atoms with E-state index in [0.717, 1.165) is 12.1 Å². The van der Waals surface area contributed by atoms with E-state index in [9.17, 15) is 13.2 Å². The molecule has 0 radical (unpaired) electrons. The molecule has 0 aliphatic heterocycles. The molecule has 0 aromatic carbocycles. The Bertz CT molecular complexity index is 548. The quantitative estimate of drug-likeness (QED) is 0.777. The summed E-state index contributed by atoms with van der Waals surface area (Å²) in [5.74, 6) is -1.59. The minimum absolute atomic E-state index is 0.121. The van der Waals surface area contributed by atoms with Gasteiger partial charge in [-0.25, -0.2) is 13.2 Å². The van der Waals surface area contributed by atoms with Crippen LogP contribution in [-0.4, -0.2) is 50.6 Å². The first-order valence-electron chi connectivity index (χ1n) is 6.11. The molecule has 0 aliphatic carbocycles. The third kappa shape index (κ3) is 4.06. The van der Waals surface area contributed by atoms with Crippen molar-refractivity contribution in [2.45, 2.75) is 18.9 Å². The van der Waals surface area contributed by atoms with Crippen LogP contribution in [0.3, 0.4) is 0 Å². The van der Waals surface area contributed by atoms with Crippen LogP contribution in [0.25, 0.3) is 0 Å². The molecule has 8 heteroatoms. The molecule has 0 saturated carbocycles. The number of hydrogen-bond acceptors (Lipinski definition) is 5. The van der Waals surface area contributed by atoms with Crippen LogP contribution < -0.4 is 0 Å². The zero-order valence-electron chi connectivity index (χ0n) is 11.7. The highest BCUT2D eigenvalue weighted by Gasteiger charge is 2.28. The number of furan rings is 1. The molecule has 0 saturated heterocycles. The average Bonchev–Trinajstić information content (AvgIpc) is 2.84. The number of sulfonamides is 1. The average molecular weight is 305 g/mol. The summed E-state index contributed by atoms with van der Waals surface area (Å²) in [5, 5.41) is 8.40. The van der Waals surface area contributed by atoms with E-state index in [1.165, 1.54) is 11.4 Å². The van der Waals surface area contributed by atoms with Crippen molar-refractivity contribution in [2.24, 2.45) is 5.92 Å². The lowest BCUT2D eigenvalue weighted by Gasteiger charge is -2.22. The molecule has 0 atom stereocenters. The van der Waals surface area contributed by atoms with Crippen molar-refractivity contribution in [3.8, 4) is 0 Å². The van der Waals surface area contributed by atoms with E-state index < -0.39 is 21.8 Å². The standard InChI is InChI=1S/C12H19NO6S/c1-9(2)8-13(6-7-18-3)20(16,17)11-5-4-10(19-11)12(14)15/h4-5,9H,6-8H2,1-3H3,(H,14,15).